The van der Waals surface area contributed by atoms with E-state index in [9.17, 15) is 5.11 Å². The summed E-state index contributed by atoms with van der Waals surface area (Å²) in [5.74, 6) is 1.46. The molecule has 0 unspecified atom stereocenters. The van der Waals surface area contributed by atoms with Crippen molar-refractivity contribution in [3.05, 3.63) is 156 Å². The van der Waals surface area contributed by atoms with Crippen LogP contribution in [0.5, 0.6) is 5.75 Å². The average Bonchev–Trinajstić information content (AvgIpc) is 3.47. The summed E-state index contributed by atoms with van der Waals surface area (Å²) < 4.78 is 2.07. The average molecular weight is 803 g/mol. The molecule has 239 valence electrons. The molecule has 0 saturated carbocycles. The minimum atomic E-state index is 0. The van der Waals surface area contributed by atoms with Crippen molar-refractivity contribution in [3.8, 4) is 34.1 Å². The molecule has 1 radical (unpaired) electrons. The van der Waals surface area contributed by atoms with Gasteiger partial charge in [0, 0.05) is 32.0 Å². The maximum atomic E-state index is 10.2. The number of aromatic nitrogens is 3. The molecule has 0 atom stereocenters. The zero-order valence-electron chi connectivity index (χ0n) is 27.4. The number of hydrogen-bond acceptors (Lipinski definition) is 3. The summed E-state index contributed by atoms with van der Waals surface area (Å²) >= 11 is 0. The van der Waals surface area contributed by atoms with E-state index in [4.69, 9.17) is 9.97 Å². The Labute approximate surface area is 295 Å². The van der Waals surface area contributed by atoms with Gasteiger partial charge in [-0.15, -0.1) is 34.9 Å². The van der Waals surface area contributed by atoms with Gasteiger partial charge >= 0.3 is 0 Å². The molecule has 0 aliphatic carbocycles. The number of rotatable bonds is 4. The molecule has 0 spiro atoms. The third-order valence-electron chi connectivity index (χ3n) is 8.55. The fraction of sp³-hybridized carbons (Fsp3) is 0.116. The predicted molar refractivity (Wildman–Crippen MR) is 195 cm³/mol. The molecule has 0 bridgehead atoms. The molecule has 2 aromatic heterocycles. The number of benzene rings is 6. The van der Waals surface area contributed by atoms with E-state index in [0.29, 0.717) is 5.92 Å². The fourth-order valence-electron chi connectivity index (χ4n) is 6.49. The van der Waals surface area contributed by atoms with Crippen LogP contribution in [0.4, 0.5) is 0 Å². The Morgan fingerprint density at radius 2 is 1.42 bits per heavy atom. The second kappa shape index (κ2) is 13.9. The summed E-state index contributed by atoms with van der Waals surface area (Å²) in [7, 11) is 0. The predicted octanol–water partition coefficient (Wildman–Crippen LogP) is 11.0. The van der Waals surface area contributed by atoms with Gasteiger partial charge in [-0.2, -0.15) is 0 Å². The summed E-state index contributed by atoms with van der Waals surface area (Å²) in [6.07, 6.45) is 1.92. The van der Waals surface area contributed by atoms with E-state index in [-0.39, 0.29) is 25.9 Å². The zero-order chi connectivity index (χ0) is 32.5. The second-order valence-electron chi connectivity index (χ2n) is 12.3. The molecule has 0 saturated heterocycles. The topological polar surface area (TPSA) is 50.9 Å². The van der Waals surface area contributed by atoms with Crippen LogP contribution in [-0.4, -0.2) is 19.6 Å². The number of nitrogens with zero attached hydrogens (tertiary/aromatic N) is 3. The van der Waals surface area contributed by atoms with Crippen LogP contribution in [0.3, 0.4) is 0 Å². The molecule has 4 nitrogen and oxygen atoms in total. The van der Waals surface area contributed by atoms with Crippen LogP contribution in [0.1, 0.15) is 36.5 Å². The Bertz CT molecular complexity index is 2360. The van der Waals surface area contributed by atoms with Crippen molar-refractivity contribution in [2.75, 3.05) is 0 Å². The molecule has 8 aromatic rings. The Balaban J connectivity index is 0.000000165. The molecular weight excluding hydrogens is 767 g/mol. The Morgan fingerprint density at radius 3 is 2.17 bits per heavy atom. The minimum absolute atomic E-state index is 0. The van der Waals surface area contributed by atoms with Gasteiger partial charge in [0.1, 0.15) is 11.6 Å². The van der Waals surface area contributed by atoms with Gasteiger partial charge in [0.15, 0.2) is 0 Å². The number of phenols is 1. The van der Waals surface area contributed by atoms with E-state index in [2.05, 4.69) is 86.9 Å². The monoisotopic (exact) mass is 803 g/mol. The second-order valence-corrected chi connectivity index (χ2v) is 12.3. The van der Waals surface area contributed by atoms with E-state index in [0.717, 1.165) is 44.9 Å². The van der Waals surface area contributed by atoms with Crippen molar-refractivity contribution in [1.82, 2.24) is 14.5 Å². The van der Waals surface area contributed by atoms with Crippen molar-refractivity contribution < 1.29 is 25.2 Å². The smallest absolute Gasteiger partial charge is 0.149 e. The molecule has 6 aromatic carbocycles. The first-order chi connectivity index (χ1) is 22.9. The minimum Gasteiger partial charge on any atom is -0.507 e. The van der Waals surface area contributed by atoms with Gasteiger partial charge < -0.3 is 10.1 Å². The third kappa shape index (κ3) is 6.27. The van der Waals surface area contributed by atoms with Crippen molar-refractivity contribution in [1.29, 1.82) is 0 Å². The van der Waals surface area contributed by atoms with Gasteiger partial charge in [0.25, 0.3) is 0 Å². The van der Waals surface area contributed by atoms with Crippen LogP contribution in [0.15, 0.2) is 134 Å². The number of imidazole rings is 1. The van der Waals surface area contributed by atoms with Crippen LogP contribution in [0, 0.1) is 19.9 Å². The first-order valence-electron chi connectivity index (χ1n) is 16.0. The largest absolute Gasteiger partial charge is 0.507 e. The first kappa shape index (κ1) is 32.8. The van der Waals surface area contributed by atoms with E-state index in [1.165, 1.54) is 32.7 Å². The Morgan fingerprint density at radius 1 is 0.729 bits per heavy atom. The molecule has 5 heteroatoms. The summed E-state index contributed by atoms with van der Waals surface area (Å²) in [4.78, 5) is 9.48. The molecule has 0 aliphatic heterocycles. The van der Waals surface area contributed by atoms with Gasteiger partial charge in [-0.05, 0) is 81.2 Å². The van der Waals surface area contributed by atoms with Crippen molar-refractivity contribution in [2.24, 2.45) is 0 Å². The quantitative estimate of drug-likeness (QED) is 0.142. The van der Waals surface area contributed by atoms with Crippen LogP contribution in [0.2, 0.25) is 0 Å². The molecule has 0 fully saturated rings. The summed E-state index contributed by atoms with van der Waals surface area (Å²) in [6, 6.07) is 46.3. The van der Waals surface area contributed by atoms with Gasteiger partial charge in [-0.1, -0.05) is 100 Å². The fourth-order valence-corrected chi connectivity index (χ4v) is 6.49. The van der Waals surface area contributed by atoms with Crippen molar-refractivity contribution >= 4 is 32.6 Å². The molecule has 2 heterocycles. The van der Waals surface area contributed by atoms with Crippen LogP contribution in [-0.2, 0) is 20.1 Å². The number of aryl methyl sites for hydroxylation is 2. The Kier molecular flexibility index (Phi) is 9.54. The molecule has 8 rings (SSSR count). The van der Waals surface area contributed by atoms with Crippen LogP contribution < -0.4 is 0 Å². The maximum absolute atomic E-state index is 10.2. The number of fused-ring (bicyclic) bond motifs is 4. The maximum Gasteiger partial charge on any atom is 0.149 e. The Hall–Kier alpha value is -5.09. The molecule has 0 aliphatic rings. The first-order valence-corrected chi connectivity index (χ1v) is 16.0. The summed E-state index contributed by atoms with van der Waals surface area (Å²) in [6.45, 7) is 8.74. The normalized spacial score (nSPS) is 11.0. The molecular formula is C43H36IrN3O-. The van der Waals surface area contributed by atoms with Crippen LogP contribution in [0.25, 0.3) is 60.9 Å². The van der Waals surface area contributed by atoms with E-state index >= 15 is 0 Å². The summed E-state index contributed by atoms with van der Waals surface area (Å²) in [5, 5.41) is 15.3. The van der Waals surface area contributed by atoms with E-state index in [1.54, 1.807) is 6.07 Å². The number of hydrogen-bond donors (Lipinski definition) is 1. The van der Waals surface area contributed by atoms with E-state index in [1.807, 2.05) is 79.0 Å². The zero-order valence-corrected chi connectivity index (χ0v) is 29.8. The third-order valence-corrected chi connectivity index (χ3v) is 8.55. The molecule has 0 amide bonds. The van der Waals surface area contributed by atoms with Gasteiger partial charge in [-0.3, -0.25) is 4.57 Å². The summed E-state index contributed by atoms with van der Waals surface area (Å²) in [5.41, 5.74) is 9.56. The van der Waals surface area contributed by atoms with Gasteiger partial charge in [0.05, 0.1) is 16.6 Å². The van der Waals surface area contributed by atoms with Gasteiger partial charge in [0.2, 0.25) is 0 Å². The van der Waals surface area contributed by atoms with E-state index < -0.39 is 0 Å². The van der Waals surface area contributed by atoms with Crippen LogP contribution >= 0.6 is 0 Å². The number of aromatic hydroxyl groups is 1. The number of pyridine rings is 1. The standard InChI is InChI=1S/C24H22N.C19H14N2O.Ir/c1-15(2)22-14-18-9-10-25-24(19-12-16(3)11-17(4)13-19)23(18)21-8-6-5-7-20(21)22;22-18-13-7-4-10-15(18)19-20-16-11-5-6-12-17(16)21(19)14-8-2-1-3-9-14;/h5-12,14-15H,1-4H3;1-13,22H;/q-1;;. The number of para-hydroxylation sites is 4. The van der Waals surface area contributed by atoms with Crippen molar-refractivity contribution in [3.63, 3.8) is 0 Å². The number of phenolic OH excluding ortho intramolecular Hbond substituents is 1. The molecule has 1 N–H and O–H groups in total. The van der Waals surface area contributed by atoms with Gasteiger partial charge in [-0.25, -0.2) is 4.98 Å². The van der Waals surface area contributed by atoms with Crippen molar-refractivity contribution in [2.45, 2.75) is 33.6 Å². The molecule has 48 heavy (non-hydrogen) atoms. The SMILES string of the molecule is Cc1[c-]c(-c2nccc3cc(C(C)C)c4ccccc4c23)cc(C)c1.Oc1ccccc1-c1nc2ccccc2n1-c1ccccc1.[Ir].